The molecule has 0 radical (unpaired) electrons. The summed E-state index contributed by atoms with van der Waals surface area (Å²) in [5, 5.41) is 0. The highest BCUT2D eigenvalue weighted by Gasteiger charge is 2.28. The maximum Gasteiger partial charge on any atom is 0.246 e. The zero-order chi connectivity index (χ0) is 20.2. The number of carbonyl (C=O) groups excluding carboxylic acids is 2. The third kappa shape index (κ3) is 4.31. The van der Waals surface area contributed by atoms with Gasteiger partial charge >= 0.3 is 0 Å². The molecule has 1 fully saturated rings. The number of Topliss-reactive ketones (excluding diaryl/α,β-unsaturated/α-hetero) is 1. The number of piperidine rings is 1. The summed E-state index contributed by atoms with van der Waals surface area (Å²) in [7, 11) is 0. The smallest absolute Gasteiger partial charge is 0.246 e. The van der Waals surface area contributed by atoms with E-state index in [2.05, 4.69) is 0 Å². The van der Waals surface area contributed by atoms with Crippen molar-refractivity contribution >= 4 is 17.8 Å². The van der Waals surface area contributed by atoms with Crippen LogP contribution in [0.25, 0.3) is 6.08 Å². The number of hydrogen-bond acceptors (Lipinski definition) is 4. The van der Waals surface area contributed by atoms with E-state index in [1.54, 1.807) is 41.3 Å². The Kier molecular flexibility index (Phi) is 5.60. The summed E-state index contributed by atoms with van der Waals surface area (Å²) >= 11 is 0. The average Bonchev–Trinajstić information content (AvgIpc) is 2.77. The molecule has 6 heteroatoms. The summed E-state index contributed by atoms with van der Waals surface area (Å²) < 4.78 is 24.7. The van der Waals surface area contributed by atoms with Crippen LogP contribution in [-0.4, -0.2) is 42.9 Å². The molecule has 2 aliphatic heterocycles. The zero-order valence-electron chi connectivity index (χ0n) is 16.0. The molecule has 2 aromatic rings. The van der Waals surface area contributed by atoms with Gasteiger partial charge in [0.25, 0.3) is 0 Å². The first-order valence-electron chi connectivity index (χ1n) is 9.77. The molecule has 0 unspecified atom stereocenters. The van der Waals surface area contributed by atoms with Crippen molar-refractivity contribution < 1.29 is 23.5 Å². The van der Waals surface area contributed by atoms with Crippen molar-refractivity contribution in [2.45, 2.75) is 12.8 Å². The van der Waals surface area contributed by atoms with Crippen LogP contribution >= 0.6 is 0 Å². The molecule has 29 heavy (non-hydrogen) atoms. The topological polar surface area (TPSA) is 55.8 Å². The average molecular weight is 395 g/mol. The molecule has 0 saturated carbocycles. The van der Waals surface area contributed by atoms with Gasteiger partial charge in [0.1, 0.15) is 19.0 Å². The van der Waals surface area contributed by atoms with E-state index in [0.717, 1.165) is 0 Å². The van der Waals surface area contributed by atoms with Crippen molar-refractivity contribution in [1.29, 1.82) is 0 Å². The first kappa shape index (κ1) is 19.2. The van der Waals surface area contributed by atoms with E-state index >= 15 is 0 Å². The molecule has 1 saturated heterocycles. The van der Waals surface area contributed by atoms with Crippen LogP contribution in [0, 0.1) is 11.7 Å². The highest BCUT2D eigenvalue weighted by atomic mass is 19.1. The molecule has 5 nitrogen and oxygen atoms in total. The molecule has 0 spiro atoms. The van der Waals surface area contributed by atoms with Gasteiger partial charge in [0.2, 0.25) is 5.91 Å². The van der Waals surface area contributed by atoms with Gasteiger partial charge in [-0.3, -0.25) is 9.59 Å². The largest absolute Gasteiger partial charge is 0.486 e. The lowest BCUT2D eigenvalue weighted by atomic mass is 9.88. The summed E-state index contributed by atoms with van der Waals surface area (Å²) in [6, 6.07) is 11.6. The first-order valence-corrected chi connectivity index (χ1v) is 9.77. The van der Waals surface area contributed by atoms with Crippen molar-refractivity contribution in [3.63, 3.8) is 0 Å². The normalized spacial score (nSPS) is 16.8. The lowest BCUT2D eigenvalue weighted by Crippen LogP contribution is -2.39. The van der Waals surface area contributed by atoms with Crippen molar-refractivity contribution in [1.82, 2.24) is 4.90 Å². The number of rotatable bonds is 4. The molecule has 0 N–H and O–H groups in total. The Labute approximate surface area is 168 Å². The van der Waals surface area contributed by atoms with E-state index in [1.807, 2.05) is 0 Å². The summed E-state index contributed by atoms with van der Waals surface area (Å²) in [5.74, 6) is 0.676. The van der Waals surface area contributed by atoms with Crippen LogP contribution in [0.3, 0.4) is 0 Å². The molecular formula is C23H22FNO4. The predicted octanol–water partition coefficient (Wildman–Crippen LogP) is 3.73. The molecule has 0 bridgehead atoms. The number of amides is 1. The van der Waals surface area contributed by atoms with Gasteiger partial charge in [-0.25, -0.2) is 4.39 Å². The second kappa shape index (κ2) is 8.47. The standard InChI is InChI=1S/C23H22FNO4/c24-19-4-2-1-3-16(19)6-8-22(26)25-11-9-17(10-12-25)23(27)18-5-7-20-21(15-18)29-14-13-28-20/h1-8,15,17H,9-14H2. The first-order chi connectivity index (χ1) is 14.1. The van der Waals surface area contributed by atoms with E-state index < -0.39 is 0 Å². The Balaban J connectivity index is 1.35. The van der Waals surface area contributed by atoms with Crippen molar-refractivity contribution in [3.8, 4) is 11.5 Å². The molecule has 2 heterocycles. The Morgan fingerprint density at radius 3 is 2.48 bits per heavy atom. The molecule has 2 aromatic carbocycles. The van der Waals surface area contributed by atoms with Gasteiger partial charge in [-0.2, -0.15) is 0 Å². The number of ether oxygens (including phenoxy) is 2. The molecule has 1 amide bonds. The van der Waals surface area contributed by atoms with Crippen LogP contribution in [0.15, 0.2) is 48.5 Å². The van der Waals surface area contributed by atoms with Crippen LogP contribution in [0.4, 0.5) is 4.39 Å². The fraction of sp³-hybridized carbons (Fsp3) is 0.304. The quantitative estimate of drug-likeness (QED) is 0.585. The number of likely N-dealkylation sites (tertiary alicyclic amines) is 1. The molecular weight excluding hydrogens is 373 g/mol. The van der Waals surface area contributed by atoms with Crippen LogP contribution in [-0.2, 0) is 4.79 Å². The molecule has 0 atom stereocenters. The van der Waals surface area contributed by atoms with E-state index in [9.17, 15) is 14.0 Å². The SMILES string of the molecule is O=C(c1ccc2c(c1)OCCO2)C1CCN(C(=O)C=Cc2ccccc2F)CC1. The number of benzene rings is 2. The lowest BCUT2D eigenvalue weighted by Gasteiger charge is -2.30. The van der Waals surface area contributed by atoms with Gasteiger partial charge in [0.05, 0.1) is 0 Å². The molecule has 0 aliphatic carbocycles. The number of nitrogens with zero attached hydrogens (tertiary/aromatic N) is 1. The summed E-state index contributed by atoms with van der Waals surface area (Å²) in [5.41, 5.74) is 0.989. The van der Waals surface area contributed by atoms with E-state index in [-0.39, 0.29) is 23.4 Å². The summed E-state index contributed by atoms with van der Waals surface area (Å²) in [6.07, 6.45) is 4.09. The van der Waals surface area contributed by atoms with Crippen molar-refractivity contribution in [2.75, 3.05) is 26.3 Å². The lowest BCUT2D eigenvalue weighted by molar-refractivity contribution is -0.127. The van der Waals surface area contributed by atoms with Crippen LogP contribution < -0.4 is 9.47 Å². The van der Waals surface area contributed by atoms with Crippen LogP contribution in [0.5, 0.6) is 11.5 Å². The van der Waals surface area contributed by atoms with Gasteiger partial charge in [0.15, 0.2) is 17.3 Å². The van der Waals surface area contributed by atoms with Gasteiger partial charge < -0.3 is 14.4 Å². The van der Waals surface area contributed by atoms with Gasteiger partial charge in [-0.1, -0.05) is 18.2 Å². The second-order valence-corrected chi connectivity index (χ2v) is 7.18. The highest BCUT2D eigenvalue weighted by molar-refractivity contribution is 5.99. The second-order valence-electron chi connectivity index (χ2n) is 7.18. The summed E-state index contributed by atoms with van der Waals surface area (Å²) in [6.45, 7) is 1.99. The highest BCUT2D eigenvalue weighted by Crippen LogP contribution is 2.32. The fourth-order valence-electron chi connectivity index (χ4n) is 3.67. The van der Waals surface area contributed by atoms with Gasteiger partial charge in [-0.15, -0.1) is 0 Å². The van der Waals surface area contributed by atoms with Crippen molar-refractivity contribution in [3.05, 3.63) is 65.5 Å². The van der Waals surface area contributed by atoms with Gasteiger partial charge in [-0.05, 0) is 43.2 Å². The van der Waals surface area contributed by atoms with Gasteiger partial charge in [0, 0.05) is 36.2 Å². The Morgan fingerprint density at radius 2 is 1.72 bits per heavy atom. The zero-order valence-corrected chi connectivity index (χ0v) is 16.0. The van der Waals surface area contributed by atoms with Crippen LogP contribution in [0.1, 0.15) is 28.8 Å². The number of fused-ring (bicyclic) bond motifs is 1. The predicted molar refractivity (Wildman–Crippen MR) is 107 cm³/mol. The fourth-order valence-corrected chi connectivity index (χ4v) is 3.67. The third-order valence-electron chi connectivity index (χ3n) is 5.31. The Hall–Kier alpha value is -3.15. The molecule has 150 valence electrons. The summed E-state index contributed by atoms with van der Waals surface area (Å²) in [4.78, 5) is 26.9. The number of halogens is 1. The molecule has 0 aromatic heterocycles. The minimum Gasteiger partial charge on any atom is -0.486 e. The maximum absolute atomic E-state index is 13.7. The minimum atomic E-state index is -0.361. The van der Waals surface area contributed by atoms with Crippen LogP contribution in [0.2, 0.25) is 0 Å². The minimum absolute atomic E-state index is 0.0657. The molecule has 2 aliphatic rings. The maximum atomic E-state index is 13.7. The third-order valence-corrected chi connectivity index (χ3v) is 5.31. The number of ketones is 1. The number of hydrogen-bond donors (Lipinski definition) is 0. The molecule has 4 rings (SSSR count). The Morgan fingerprint density at radius 1 is 1.00 bits per heavy atom. The monoisotopic (exact) mass is 395 g/mol. The Bertz CT molecular complexity index is 948. The van der Waals surface area contributed by atoms with E-state index in [4.69, 9.17) is 9.47 Å². The van der Waals surface area contributed by atoms with E-state index in [0.29, 0.717) is 61.8 Å². The van der Waals surface area contributed by atoms with E-state index in [1.165, 1.54) is 18.2 Å². The van der Waals surface area contributed by atoms with Crippen molar-refractivity contribution in [2.24, 2.45) is 5.92 Å². The number of carbonyl (C=O) groups is 2.